The first-order valence-corrected chi connectivity index (χ1v) is 5.37. The van der Waals surface area contributed by atoms with Crippen LogP contribution < -0.4 is 0 Å². The second-order valence-electron chi connectivity index (χ2n) is 4.00. The summed E-state index contributed by atoms with van der Waals surface area (Å²) in [6.45, 7) is 5.07. The van der Waals surface area contributed by atoms with E-state index in [4.69, 9.17) is 0 Å². The van der Waals surface area contributed by atoms with Crippen molar-refractivity contribution < 1.29 is 4.79 Å². The largest absolute Gasteiger partial charge is 0.291 e. The van der Waals surface area contributed by atoms with Gasteiger partial charge < -0.3 is 0 Å². The number of hydrogen-bond acceptors (Lipinski definition) is 4. The van der Waals surface area contributed by atoms with Gasteiger partial charge >= 0.3 is 0 Å². The minimum atomic E-state index is 0.0531. The van der Waals surface area contributed by atoms with E-state index in [1.165, 1.54) is 0 Å². The van der Waals surface area contributed by atoms with Crippen molar-refractivity contribution in [1.29, 1.82) is 0 Å². The lowest BCUT2D eigenvalue weighted by molar-refractivity contribution is 0.0926. The molecule has 0 radical (unpaired) electrons. The molecule has 0 spiro atoms. The zero-order valence-electron chi connectivity index (χ0n) is 9.55. The molecule has 1 aromatic heterocycles. The summed E-state index contributed by atoms with van der Waals surface area (Å²) in [5, 5.41) is 0. The number of hydrogen-bond donors (Lipinski definition) is 0. The van der Waals surface area contributed by atoms with Gasteiger partial charge in [-0.05, 0) is 26.0 Å². The minimum Gasteiger partial charge on any atom is -0.291 e. The number of Topliss-reactive ketones (excluding diaryl/α,β-unsaturated/α-hetero) is 1. The van der Waals surface area contributed by atoms with E-state index in [1.54, 1.807) is 12.3 Å². The average Bonchev–Trinajstić information content (AvgIpc) is 2.62. The number of ketones is 1. The van der Waals surface area contributed by atoms with Crippen molar-refractivity contribution in [2.75, 3.05) is 13.2 Å². The third-order valence-electron chi connectivity index (χ3n) is 2.95. The average molecular weight is 217 g/mol. The van der Waals surface area contributed by atoms with Gasteiger partial charge in [0.25, 0.3) is 0 Å². The lowest BCUT2D eigenvalue weighted by Gasteiger charge is -2.19. The third-order valence-corrected chi connectivity index (χ3v) is 2.95. The molecule has 4 nitrogen and oxygen atoms in total. The predicted molar refractivity (Wildman–Crippen MR) is 62.7 cm³/mol. The predicted octanol–water partition coefficient (Wildman–Crippen LogP) is 1.39. The molecule has 4 heteroatoms. The molecule has 0 saturated carbocycles. The Labute approximate surface area is 95.0 Å². The van der Waals surface area contributed by atoms with Crippen LogP contribution in [-0.2, 0) is 0 Å². The molecule has 1 atom stereocenters. The third kappa shape index (κ3) is 2.17. The Morgan fingerprint density at radius 1 is 1.56 bits per heavy atom. The van der Waals surface area contributed by atoms with Crippen LogP contribution in [0.2, 0.25) is 0 Å². The van der Waals surface area contributed by atoms with Gasteiger partial charge in [0, 0.05) is 18.0 Å². The summed E-state index contributed by atoms with van der Waals surface area (Å²) >= 11 is 0. The molecular weight excluding hydrogens is 202 g/mol. The fraction of sp³-hybridized carbons (Fsp3) is 0.417. The molecule has 0 saturated heterocycles. The van der Waals surface area contributed by atoms with Gasteiger partial charge in [0.2, 0.25) is 0 Å². The molecule has 2 rings (SSSR count). The fourth-order valence-corrected chi connectivity index (χ4v) is 1.70. The number of nitrogens with zero attached hydrogens (tertiary/aromatic N) is 3. The van der Waals surface area contributed by atoms with Crippen molar-refractivity contribution in [3.05, 3.63) is 30.1 Å². The Bertz CT molecular complexity index is 414. The molecule has 0 aromatic carbocycles. The highest BCUT2D eigenvalue weighted by atomic mass is 16.1. The Hall–Kier alpha value is -1.55. The monoisotopic (exact) mass is 217 g/mol. The number of aliphatic imine (C=N–C) groups is 1. The number of rotatable bonds is 3. The molecule has 16 heavy (non-hydrogen) atoms. The minimum absolute atomic E-state index is 0.0531. The van der Waals surface area contributed by atoms with Gasteiger partial charge in [-0.2, -0.15) is 0 Å². The summed E-state index contributed by atoms with van der Waals surface area (Å²) in [7, 11) is 0. The zero-order valence-corrected chi connectivity index (χ0v) is 9.55. The van der Waals surface area contributed by atoms with Gasteiger partial charge in [0.1, 0.15) is 5.69 Å². The van der Waals surface area contributed by atoms with Crippen LogP contribution in [0.25, 0.3) is 0 Å². The first kappa shape index (κ1) is 11.0. The smallest absolute Gasteiger partial charge is 0.195 e. The van der Waals surface area contributed by atoms with Crippen LogP contribution in [0.1, 0.15) is 24.3 Å². The van der Waals surface area contributed by atoms with E-state index in [0.717, 1.165) is 5.71 Å². The van der Waals surface area contributed by atoms with Gasteiger partial charge in [-0.25, -0.2) is 0 Å². The summed E-state index contributed by atoms with van der Waals surface area (Å²) in [5.41, 5.74) is 1.62. The molecule has 0 N–H and O–H groups in total. The maximum atomic E-state index is 11.9. The first-order chi connectivity index (χ1) is 7.68. The first-order valence-electron chi connectivity index (χ1n) is 5.37. The van der Waals surface area contributed by atoms with Crippen molar-refractivity contribution in [1.82, 2.24) is 9.88 Å². The van der Waals surface area contributed by atoms with Crippen LogP contribution in [0.15, 0.2) is 29.4 Å². The van der Waals surface area contributed by atoms with Gasteiger partial charge in [-0.1, -0.05) is 6.07 Å². The SMILES string of the molecule is CC1=NCN(CC(=O)c2ccccn2)C1C. The van der Waals surface area contributed by atoms with E-state index in [2.05, 4.69) is 16.9 Å². The quantitative estimate of drug-likeness (QED) is 0.719. The van der Waals surface area contributed by atoms with Gasteiger partial charge in [0.15, 0.2) is 5.78 Å². The molecule has 0 bridgehead atoms. The number of aromatic nitrogens is 1. The van der Waals surface area contributed by atoms with Crippen molar-refractivity contribution in [2.45, 2.75) is 19.9 Å². The van der Waals surface area contributed by atoms with Crippen molar-refractivity contribution in [3.8, 4) is 0 Å². The molecule has 2 heterocycles. The van der Waals surface area contributed by atoms with Gasteiger partial charge in [-0.15, -0.1) is 0 Å². The zero-order chi connectivity index (χ0) is 11.5. The van der Waals surface area contributed by atoms with Gasteiger partial charge in [0.05, 0.1) is 13.2 Å². The summed E-state index contributed by atoms with van der Waals surface area (Å²) in [4.78, 5) is 22.3. The van der Waals surface area contributed by atoms with Crippen LogP contribution in [0, 0.1) is 0 Å². The molecule has 1 aliphatic rings. The van der Waals surface area contributed by atoms with E-state index in [0.29, 0.717) is 18.9 Å². The molecule has 0 aliphatic carbocycles. The van der Waals surface area contributed by atoms with Crippen LogP contribution >= 0.6 is 0 Å². The van der Waals surface area contributed by atoms with Crippen LogP contribution in [0.5, 0.6) is 0 Å². The maximum Gasteiger partial charge on any atom is 0.195 e. The standard InChI is InChI=1S/C12H15N3O/c1-9-10(2)15(8-14-9)7-12(16)11-5-3-4-6-13-11/h3-6,10H,7-8H2,1-2H3. The topological polar surface area (TPSA) is 45.6 Å². The molecule has 1 unspecified atom stereocenters. The van der Waals surface area contributed by atoms with E-state index in [1.807, 2.05) is 24.0 Å². The normalized spacial score (nSPS) is 20.9. The summed E-state index contributed by atoms with van der Waals surface area (Å²) in [5.74, 6) is 0.0531. The highest BCUT2D eigenvalue weighted by molar-refractivity contribution is 5.96. The second kappa shape index (κ2) is 4.53. The van der Waals surface area contributed by atoms with Crippen molar-refractivity contribution >= 4 is 11.5 Å². The Morgan fingerprint density at radius 3 is 2.94 bits per heavy atom. The molecule has 0 fully saturated rings. The fourth-order valence-electron chi connectivity index (χ4n) is 1.70. The van der Waals surface area contributed by atoms with Crippen LogP contribution in [0.4, 0.5) is 0 Å². The molecule has 84 valence electrons. The van der Waals surface area contributed by atoms with Crippen molar-refractivity contribution in [3.63, 3.8) is 0 Å². The van der Waals surface area contributed by atoms with Crippen molar-refractivity contribution in [2.24, 2.45) is 4.99 Å². The number of pyridine rings is 1. The molecule has 0 amide bonds. The van der Waals surface area contributed by atoms with E-state index < -0.39 is 0 Å². The van der Waals surface area contributed by atoms with Crippen LogP contribution in [-0.4, -0.2) is 40.6 Å². The highest BCUT2D eigenvalue weighted by Gasteiger charge is 2.24. The molecule has 1 aromatic rings. The second-order valence-corrected chi connectivity index (χ2v) is 4.00. The molecular formula is C12H15N3O. The van der Waals surface area contributed by atoms with Gasteiger partial charge in [-0.3, -0.25) is 19.7 Å². The van der Waals surface area contributed by atoms with E-state index in [9.17, 15) is 4.79 Å². The Kier molecular flexibility index (Phi) is 3.10. The van der Waals surface area contributed by atoms with E-state index >= 15 is 0 Å². The number of carbonyl (C=O) groups is 1. The number of carbonyl (C=O) groups excluding carboxylic acids is 1. The Balaban J connectivity index is 2.00. The van der Waals surface area contributed by atoms with Crippen LogP contribution in [0.3, 0.4) is 0 Å². The summed E-state index contributed by atoms with van der Waals surface area (Å²) < 4.78 is 0. The molecule has 1 aliphatic heterocycles. The lowest BCUT2D eigenvalue weighted by atomic mass is 10.2. The lowest BCUT2D eigenvalue weighted by Crippen LogP contribution is -2.36. The maximum absolute atomic E-state index is 11.9. The summed E-state index contributed by atoms with van der Waals surface area (Å²) in [6.07, 6.45) is 1.64. The van der Waals surface area contributed by atoms with E-state index in [-0.39, 0.29) is 11.8 Å². The Morgan fingerprint density at radius 2 is 2.38 bits per heavy atom. The summed E-state index contributed by atoms with van der Waals surface area (Å²) in [6, 6.07) is 5.64. The highest BCUT2D eigenvalue weighted by Crippen LogP contribution is 2.10.